The maximum atomic E-state index is 11.9. The summed E-state index contributed by atoms with van der Waals surface area (Å²) in [7, 11) is -0.991. The first kappa shape index (κ1) is 13.9. The molecule has 0 amide bonds. The molecule has 2 atom stereocenters. The third-order valence-electron chi connectivity index (χ3n) is 2.73. The molecule has 2 unspecified atom stereocenters. The van der Waals surface area contributed by atoms with Crippen molar-refractivity contribution in [1.29, 1.82) is 0 Å². The summed E-state index contributed by atoms with van der Waals surface area (Å²) in [5, 5.41) is 9.01. The van der Waals surface area contributed by atoms with Crippen molar-refractivity contribution in [3.05, 3.63) is 35.4 Å². The highest BCUT2D eigenvalue weighted by molar-refractivity contribution is 7.84. The predicted molar refractivity (Wildman–Crippen MR) is 69.6 cm³/mol. The quantitative estimate of drug-likeness (QED) is 0.849. The Kier molecular flexibility index (Phi) is 5.35. The molecule has 1 rings (SSSR count). The van der Waals surface area contributed by atoms with Gasteiger partial charge in [0.15, 0.2) is 0 Å². The normalized spacial score (nSPS) is 14.2. The monoisotopic (exact) mass is 254 g/mol. The zero-order valence-electron chi connectivity index (χ0n) is 10.2. The van der Waals surface area contributed by atoms with Gasteiger partial charge in [-0.3, -0.25) is 4.21 Å². The van der Waals surface area contributed by atoms with Crippen molar-refractivity contribution in [1.82, 2.24) is 0 Å². The molecule has 17 heavy (non-hydrogen) atoms. The van der Waals surface area contributed by atoms with Crippen LogP contribution in [0.25, 0.3) is 0 Å². The van der Waals surface area contributed by atoms with Gasteiger partial charge in [-0.25, -0.2) is 4.79 Å². The number of carboxylic acids is 1. The molecule has 0 aromatic heterocycles. The number of hydrogen-bond acceptors (Lipinski definition) is 2. The van der Waals surface area contributed by atoms with E-state index in [9.17, 15) is 9.00 Å². The van der Waals surface area contributed by atoms with Crippen LogP contribution in [-0.2, 0) is 16.6 Å². The van der Waals surface area contributed by atoms with Crippen molar-refractivity contribution in [2.45, 2.75) is 26.0 Å². The van der Waals surface area contributed by atoms with Gasteiger partial charge in [-0.2, -0.15) is 0 Å². The van der Waals surface area contributed by atoms with Crippen LogP contribution < -0.4 is 0 Å². The van der Waals surface area contributed by atoms with Gasteiger partial charge in [0.1, 0.15) is 0 Å². The highest BCUT2D eigenvalue weighted by atomic mass is 32.2. The van der Waals surface area contributed by atoms with Crippen molar-refractivity contribution in [3.63, 3.8) is 0 Å². The summed E-state index contributed by atoms with van der Waals surface area (Å²) in [4.78, 5) is 11.0. The third-order valence-corrected chi connectivity index (χ3v) is 4.31. The minimum absolute atomic E-state index is 0.255. The second kappa shape index (κ2) is 6.55. The fourth-order valence-electron chi connectivity index (χ4n) is 1.52. The average Bonchev–Trinajstić information content (AvgIpc) is 2.29. The number of rotatable bonds is 6. The Morgan fingerprint density at radius 3 is 2.65 bits per heavy atom. The molecule has 0 spiro atoms. The van der Waals surface area contributed by atoms with E-state index in [1.165, 1.54) is 0 Å². The summed E-state index contributed by atoms with van der Waals surface area (Å²) in [5.74, 6) is 0.408. The van der Waals surface area contributed by atoms with Gasteiger partial charge in [-0.15, -0.1) is 0 Å². The molecule has 3 nitrogen and oxygen atoms in total. The minimum Gasteiger partial charge on any atom is -0.478 e. The maximum absolute atomic E-state index is 11.9. The van der Waals surface area contributed by atoms with Gasteiger partial charge < -0.3 is 5.11 Å². The lowest BCUT2D eigenvalue weighted by atomic mass is 10.1. The summed E-state index contributed by atoms with van der Waals surface area (Å²) in [6, 6.07) is 6.75. The minimum atomic E-state index is -0.991. The Morgan fingerprint density at radius 2 is 2.06 bits per heavy atom. The largest absolute Gasteiger partial charge is 0.478 e. The third kappa shape index (κ3) is 4.30. The first-order chi connectivity index (χ1) is 8.04. The summed E-state index contributed by atoms with van der Waals surface area (Å²) < 4.78 is 11.9. The van der Waals surface area contributed by atoms with Gasteiger partial charge in [-0.1, -0.05) is 38.5 Å². The van der Waals surface area contributed by atoms with Gasteiger partial charge in [-0.05, 0) is 17.5 Å². The summed E-state index contributed by atoms with van der Waals surface area (Å²) in [6.45, 7) is 4.12. The molecule has 0 bridgehead atoms. The van der Waals surface area contributed by atoms with Crippen LogP contribution in [0.5, 0.6) is 0 Å². The van der Waals surface area contributed by atoms with Gasteiger partial charge >= 0.3 is 5.97 Å². The molecule has 94 valence electrons. The van der Waals surface area contributed by atoms with E-state index in [2.05, 4.69) is 13.8 Å². The van der Waals surface area contributed by atoms with Crippen LogP contribution in [0, 0.1) is 5.92 Å². The highest BCUT2D eigenvalue weighted by Gasteiger charge is 2.12. The maximum Gasteiger partial charge on any atom is 0.335 e. The Morgan fingerprint density at radius 1 is 1.41 bits per heavy atom. The fraction of sp³-hybridized carbons (Fsp3) is 0.462. The molecule has 1 aromatic carbocycles. The summed E-state index contributed by atoms with van der Waals surface area (Å²) in [5.41, 5.74) is 0.909. The second-order valence-electron chi connectivity index (χ2n) is 4.23. The predicted octanol–water partition coefficient (Wildman–Crippen LogP) is 2.68. The first-order valence-electron chi connectivity index (χ1n) is 5.70. The van der Waals surface area contributed by atoms with Crippen LogP contribution in [-0.4, -0.2) is 21.0 Å². The fourth-order valence-corrected chi connectivity index (χ4v) is 3.11. The Balaban J connectivity index is 2.74. The van der Waals surface area contributed by atoms with Crippen molar-refractivity contribution in [2.75, 3.05) is 5.75 Å². The van der Waals surface area contributed by atoms with E-state index in [-0.39, 0.29) is 5.56 Å². The molecular formula is C13H18O3S. The molecule has 0 aliphatic heterocycles. The van der Waals surface area contributed by atoms with Crippen LogP contribution in [0.2, 0.25) is 0 Å². The lowest BCUT2D eigenvalue weighted by molar-refractivity contribution is 0.0696. The SMILES string of the molecule is CCC(C)CS(=O)Cc1ccccc1C(=O)O. The molecule has 0 heterocycles. The van der Waals surface area contributed by atoms with Crippen molar-refractivity contribution in [3.8, 4) is 0 Å². The van der Waals surface area contributed by atoms with Crippen LogP contribution in [0.15, 0.2) is 24.3 Å². The Hall–Kier alpha value is -1.16. The van der Waals surface area contributed by atoms with E-state index < -0.39 is 16.8 Å². The molecule has 4 heteroatoms. The lowest BCUT2D eigenvalue weighted by Crippen LogP contribution is -2.11. The molecule has 0 aliphatic carbocycles. The number of carboxylic acid groups (broad SMARTS) is 1. The highest BCUT2D eigenvalue weighted by Crippen LogP contribution is 2.13. The number of hydrogen-bond donors (Lipinski definition) is 1. The molecule has 1 aromatic rings. The van der Waals surface area contributed by atoms with Crippen LogP contribution in [0.4, 0.5) is 0 Å². The van der Waals surface area contributed by atoms with Crippen molar-refractivity contribution in [2.24, 2.45) is 5.92 Å². The van der Waals surface area contributed by atoms with Crippen LogP contribution in [0.1, 0.15) is 36.2 Å². The van der Waals surface area contributed by atoms with E-state index >= 15 is 0 Å². The van der Waals surface area contributed by atoms with Gasteiger partial charge in [0.05, 0.1) is 5.56 Å². The van der Waals surface area contributed by atoms with Gasteiger partial charge in [0.25, 0.3) is 0 Å². The van der Waals surface area contributed by atoms with Crippen molar-refractivity contribution < 1.29 is 14.1 Å². The molecule has 0 fully saturated rings. The van der Waals surface area contributed by atoms with Crippen LogP contribution >= 0.6 is 0 Å². The molecule has 0 saturated carbocycles. The topological polar surface area (TPSA) is 54.4 Å². The average molecular weight is 254 g/mol. The van der Waals surface area contributed by atoms with E-state index in [4.69, 9.17) is 5.11 Å². The molecule has 1 N–H and O–H groups in total. The zero-order chi connectivity index (χ0) is 12.8. The standard InChI is InChI=1S/C13H18O3S/c1-3-10(2)8-17(16)9-11-6-4-5-7-12(11)13(14)15/h4-7,10H,3,8-9H2,1-2H3,(H,14,15). The number of benzene rings is 1. The van der Waals surface area contributed by atoms with E-state index in [0.717, 1.165) is 6.42 Å². The number of carbonyl (C=O) groups is 1. The first-order valence-corrected chi connectivity index (χ1v) is 7.19. The molecule has 0 aliphatic rings. The smallest absolute Gasteiger partial charge is 0.335 e. The van der Waals surface area contributed by atoms with Gasteiger partial charge in [0, 0.05) is 22.3 Å². The van der Waals surface area contributed by atoms with E-state index in [1.54, 1.807) is 24.3 Å². The summed E-state index contributed by atoms with van der Waals surface area (Å²) in [6.07, 6.45) is 0.992. The summed E-state index contributed by atoms with van der Waals surface area (Å²) >= 11 is 0. The lowest BCUT2D eigenvalue weighted by Gasteiger charge is -2.09. The molecule has 0 saturated heterocycles. The molecule has 0 radical (unpaired) electrons. The van der Waals surface area contributed by atoms with E-state index in [1.807, 2.05) is 0 Å². The van der Waals surface area contributed by atoms with Gasteiger partial charge in [0.2, 0.25) is 0 Å². The molecular weight excluding hydrogens is 236 g/mol. The zero-order valence-corrected chi connectivity index (χ0v) is 11.0. The van der Waals surface area contributed by atoms with E-state index in [0.29, 0.717) is 23.0 Å². The number of aromatic carboxylic acids is 1. The van der Waals surface area contributed by atoms with Crippen LogP contribution in [0.3, 0.4) is 0 Å². The Labute approximate surface area is 104 Å². The second-order valence-corrected chi connectivity index (χ2v) is 5.73. The van der Waals surface area contributed by atoms with Crippen molar-refractivity contribution >= 4 is 16.8 Å². The Bertz CT molecular complexity index is 415.